The van der Waals surface area contributed by atoms with Crippen LogP contribution in [-0.4, -0.2) is 35.6 Å². The van der Waals surface area contributed by atoms with E-state index in [1.165, 1.54) is 19.3 Å². The summed E-state index contributed by atoms with van der Waals surface area (Å²) in [4.78, 5) is 29.6. The number of hydrogen-bond acceptors (Lipinski definition) is 7. The summed E-state index contributed by atoms with van der Waals surface area (Å²) in [7, 11) is 0. The molecule has 1 heterocycles. The van der Waals surface area contributed by atoms with Crippen molar-refractivity contribution < 1.29 is 23.5 Å². The van der Waals surface area contributed by atoms with E-state index in [2.05, 4.69) is 10.3 Å². The predicted molar refractivity (Wildman–Crippen MR) is 145 cm³/mol. The SMILES string of the molecule is Cc1oc(-c2cccc(C(=O)NC3CCCCC3)c2)nc1CCOc1cccc(C(N)C(=O)OC(C)C)c1. The number of rotatable bonds is 10. The van der Waals surface area contributed by atoms with Crippen LogP contribution in [0.5, 0.6) is 5.75 Å². The van der Waals surface area contributed by atoms with E-state index in [1.54, 1.807) is 32.0 Å². The highest BCUT2D eigenvalue weighted by Gasteiger charge is 2.20. The zero-order chi connectivity index (χ0) is 27.1. The lowest BCUT2D eigenvalue weighted by molar-refractivity contribution is -0.149. The Hall–Kier alpha value is -3.65. The second-order valence-electron chi connectivity index (χ2n) is 10.0. The largest absolute Gasteiger partial charge is 0.493 e. The average molecular weight is 520 g/mol. The van der Waals surface area contributed by atoms with E-state index >= 15 is 0 Å². The number of carbonyl (C=O) groups is 2. The number of carbonyl (C=O) groups excluding carboxylic acids is 2. The van der Waals surface area contributed by atoms with E-state index in [4.69, 9.17) is 19.6 Å². The van der Waals surface area contributed by atoms with Gasteiger partial charge in [-0.1, -0.05) is 37.5 Å². The van der Waals surface area contributed by atoms with Crippen LogP contribution >= 0.6 is 0 Å². The second kappa shape index (κ2) is 12.7. The minimum absolute atomic E-state index is 0.0601. The van der Waals surface area contributed by atoms with Gasteiger partial charge in [0, 0.05) is 23.6 Å². The van der Waals surface area contributed by atoms with Crippen molar-refractivity contribution in [2.24, 2.45) is 5.73 Å². The van der Waals surface area contributed by atoms with Gasteiger partial charge in [0.15, 0.2) is 0 Å². The maximum Gasteiger partial charge on any atom is 0.327 e. The first-order valence-electron chi connectivity index (χ1n) is 13.4. The molecule has 1 aliphatic carbocycles. The number of aryl methyl sites for hydroxylation is 1. The minimum Gasteiger partial charge on any atom is -0.493 e. The highest BCUT2D eigenvalue weighted by Crippen LogP contribution is 2.25. The highest BCUT2D eigenvalue weighted by atomic mass is 16.5. The number of benzene rings is 2. The molecule has 8 heteroatoms. The summed E-state index contributed by atoms with van der Waals surface area (Å²) < 4.78 is 17.0. The zero-order valence-corrected chi connectivity index (χ0v) is 22.4. The fraction of sp³-hybridized carbons (Fsp3) is 0.433. The van der Waals surface area contributed by atoms with Crippen molar-refractivity contribution >= 4 is 11.9 Å². The molecule has 0 bridgehead atoms. The Bertz CT molecular complexity index is 1250. The Morgan fingerprint density at radius 1 is 1.11 bits per heavy atom. The molecule has 3 aromatic rings. The van der Waals surface area contributed by atoms with Gasteiger partial charge < -0.3 is 24.9 Å². The molecule has 0 aliphatic heterocycles. The third-order valence-corrected chi connectivity index (χ3v) is 6.64. The molecule has 1 fully saturated rings. The number of aromatic nitrogens is 1. The van der Waals surface area contributed by atoms with Gasteiger partial charge >= 0.3 is 5.97 Å². The Balaban J connectivity index is 1.36. The standard InChI is InChI=1S/C30H37N3O5/c1-19(2)37-30(35)27(31)21-9-8-14-25(18-21)36-16-15-26-20(3)38-29(33-26)23-11-7-10-22(17-23)28(34)32-24-12-5-4-6-13-24/h7-11,14,17-19,24,27H,4-6,12-13,15-16,31H2,1-3H3,(H,32,34). The number of oxazole rings is 1. The van der Waals surface area contributed by atoms with E-state index in [9.17, 15) is 9.59 Å². The van der Waals surface area contributed by atoms with Crippen molar-refractivity contribution in [1.29, 1.82) is 0 Å². The molecule has 3 N–H and O–H groups in total. The van der Waals surface area contributed by atoms with Gasteiger partial charge in [0.25, 0.3) is 5.91 Å². The summed E-state index contributed by atoms with van der Waals surface area (Å²) in [6.07, 6.45) is 5.95. The summed E-state index contributed by atoms with van der Waals surface area (Å²) in [6.45, 7) is 5.80. The molecule has 4 rings (SSSR count). The quantitative estimate of drug-likeness (QED) is 0.350. The van der Waals surface area contributed by atoms with E-state index < -0.39 is 12.0 Å². The van der Waals surface area contributed by atoms with Gasteiger partial charge in [0.2, 0.25) is 5.89 Å². The molecule has 1 atom stereocenters. The minimum atomic E-state index is -0.873. The van der Waals surface area contributed by atoms with Crippen molar-refractivity contribution in [3.63, 3.8) is 0 Å². The van der Waals surface area contributed by atoms with Crippen LogP contribution in [0.1, 0.15) is 79.4 Å². The van der Waals surface area contributed by atoms with Gasteiger partial charge in [-0.05, 0) is 69.5 Å². The zero-order valence-electron chi connectivity index (χ0n) is 22.4. The van der Waals surface area contributed by atoms with Crippen molar-refractivity contribution in [3.05, 3.63) is 71.1 Å². The Morgan fingerprint density at radius 2 is 1.87 bits per heavy atom. The van der Waals surface area contributed by atoms with E-state index in [1.807, 2.05) is 37.3 Å². The summed E-state index contributed by atoms with van der Waals surface area (Å²) in [5.41, 5.74) is 8.82. The van der Waals surface area contributed by atoms with Crippen LogP contribution in [0, 0.1) is 6.92 Å². The fourth-order valence-electron chi connectivity index (χ4n) is 4.60. The van der Waals surface area contributed by atoms with E-state index in [0.717, 1.165) is 24.1 Å². The molecule has 0 spiro atoms. The van der Waals surface area contributed by atoms with Gasteiger partial charge in [0.05, 0.1) is 18.4 Å². The van der Waals surface area contributed by atoms with Crippen LogP contribution in [0.3, 0.4) is 0 Å². The Labute approximate surface area is 223 Å². The fourth-order valence-corrected chi connectivity index (χ4v) is 4.60. The Kier molecular flexibility index (Phi) is 9.18. The van der Waals surface area contributed by atoms with Gasteiger partial charge in [-0.3, -0.25) is 4.79 Å². The third-order valence-electron chi connectivity index (χ3n) is 6.64. The molecule has 1 saturated carbocycles. The molecule has 1 aromatic heterocycles. The van der Waals surface area contributed by atoms with Crippen molar-refractivity contribution in [2.75, 3.05) is 6.61 Å². The number of nitrogens with two attached hydrogens (primary N) is 1. The second-order valence-corrected chi connectivity index (χ2v) is 10.0. The molecule has 1 amide bonds. The number of nitrogens with one attached hydrogen (secondary N) is 1. The first-order chi connectivity index (χ1) is 18.3. The number of nitrogens with zero attached hydrogens (tertiary/aromatic N) is 1. The molecule has 8 nitrogen and oxygen atoms in total. The lowest BCUT2D eigenvalue weighted by Crippen LogP contribution is -2.36. The van der Waals surface area contributed by atoms with Crippen LogP contribution in [-0.2, 0) is 16.0 Å². The van der Waals surface area contributed by atoms with Gasteiger partial charge in [-0.15, -0.1) is 0 Å². The number of hydrogen-bond donors (Lipinski definition) is 2. The predicted octanol–water partition coefficient (Wildman–Crippen LogP) is 5.29. The molecule has 0 saturated heterocycles. The summed E-state index contributed by atoms with van der Waals surface area (Å²) >= 11 is 0. The van der Waals surface area contributed by atoms with Crippen LogP contribution < -0.4 is 15.8 Å². The first kappa shape index (κ1) is 27.4. The number of ether oxygens (including phenoxy) is 2. The average Bonchev–Trinajstić information content (AvgIpc) is 3.29. The Morgan fingerprint density at radius 3 is 2.63 bits per heavy atom. The highest BCUT2D eigenvalue weighted by molar-refractivity contribution is 5.95. The maximum atomic E-state index is 12.8. The van der Waals surface area contributed by atoms with Crippen molar-refractivity contribution in [1.82, 2.24) is 10.3 Å². The third kappa shape index (κ3) is 7.22. The van der Waals surface area contributed by atoms with Crippen LogP contribution in [0.4, 0.5) is 0 Å². The molecule has 0 radical (unpaired) electrons. The number of amides is 1. The summed E-state index contributed by atoms with van der Waals surface area (Å²) in [5, 5.41) is 3.16. The normalized spacial score (nSPS) is 14.8. The maximum absolute atomic E-state index is 12.8. The monoisotopic (exact) mass is 519 g/mol. The topological polar surface area (TPSA) is 117 Å². The summed E-state index contributed by atoms with van der Waals surface area (Å²) in [5.74, 6) is 1.25. The smallest absolute Gasteiger partial charge is 0.327 e. The molecule has 38 heavy (non-hydrogen) atoms. The van der Waals surface area contributed by atoms with E-state index in [0.29, 0.717) is 41.6 Å². The summed E-state index contributed by atoms with van der Waals surface area (Å²) in [6, 6.07) is 13.9. The molecule has 1 unspecified atom stereocenters. The van der Waals surface area contributed by atoms with Gasteiger partial charge in [-0.25, -0.2) is 9.78 Å². The van der Waals surface area contributed by atoms with Crippen molar-refractivity contribution in [3.8, 4) is 17.2 Å². The lowest BCUT2D eigenvalue weighted by Gasteiger charge is -2.22. The molecule has 2 aromatic carbocycles. The van der Waals surface area contributed by atoms with Crippen LogP contribution in [0.2, 0.25) is 0 Å². The van der Waals surface area contributed by atoms with Crippen molar-refractivity contribution in [2.45, 2.75) is 77.5 Å². The van der Waals surface area contributed by atoms with Gasteiger partial charge in [0.1, 0.15) is 17.6 Å². The van der Waals surface area contributed by atoms with Crippen LogP contribution in [0.25, 0.3) is 11.5 Å². The molecule has 1 aliphatic rings. The lowest BCUT2D eigenvalue weighted by atomic mass is 9.95. The molecular formula is C30H37N3O5. The number of esters is 1. The molecule has 202 valence electrons. The first-order valence-corrected chi connectivity index (χ1v) is 13.4. The van der Waals surface area contributed by atoms with Crippen LogP contribution in [0.15, 0.2) is 52.9 Å². The molecular weight excluding hydrogens is 482 g/mol. The van der Waals surface area contributed by atoms with E-state index in [-0.39, 0.29) is 18.1 Å². The van der Waals surface area contributed by atoms with Gasteiger partial charge in [-0.2, -0.15) is 0 Å².